The highest BCUT2D eigenvalue weighted by Crippen LogP contribution is 2.49. The second-order valence-corrected chi connectivity index (χ2v) is 13.8. The van der Waals surface area contributed by atoms with Crippen molar-refractivity contribution in [2.75, 3.05) is 62.5 Å². The van der Waals surface area contributed by atoms with Crippen molar-refractivity contribution in [3.05, 3.63) is 24.2 Å². The molecule has 4 fully saturated rings. The Morgan fingerprint density at radius 2 is 1.95 bits per heavy atom. The number of hydrogen-bond acceptors (Lipinski definition) is 11. The number of piperidine rings is 1. The molecule has 3 N–H and O–H groups in total. The molecule has 0 amide bonds. The summed E-state index contributed by atoms with van der Waals surface area (Å²) >= 11 is 1.52. The van der Waals surface area contributed by atoms with Gasteiger partial charge in [-0.15, -0.1) is 0 Å². The highest BCUT2D eigenvalue weighted by molar-refractivity contribution is 7.99. The van der Waals surface area contributed by atoms with Crippen LogP contribution in [0, 0.1) is 23.2 Å². The minimum atomic E-state index is -0.146. The second-order valence-electron chi connectivity index (χ2n) is 12.8. The summed E-state index contributed by atoms with van der Waals surface area (Å²) in [7, 11) is 0. The number of fused-ring (bicyclic) bond motifs is 3. The number of aliphatic hydroxyl groups is 1. The van der Waals surface area contributed by atoms with E-state index in [1.54, 1.807) is 0 Å². The molecule has 11 heteroatoms. The second kappa shape index (κ2) is 11.5. The minimum Gasteiger partial charge on any atom is -0.486 e. The molecule has 2 aromatic heterocycles. The molecule has 0 aromatic carbocycles. The molecule has 4 atom stereocenters. The van der Waals surface area contributed by atoms with E-state index in [9.17, 15) is 5.11 Å². The Kier molecular flexibility index (Phi) is 7.74. The normalized spacial score (nSPS) is 28.9. The van der Waals surface area contributed by atoms with Crippen molar-refractivity contribution in [3.8, 4) is 5.75 Å². The van der Waals surface area contributed by atoms with Crippen LogP contribution >= 0.6 is 11.8 Å². The molecule has 222 valence electrons. The zero-order valence-corrected chi connectivity index (χ0v) is 24.7. The largest absolute Gasteiger partial charge is 0.486 e. The van der Waals surface area contributed by atoms with Gasteiger partial charge in [-0.25, -0.2) is 15.0 Å². The van der Waals surface area contributed by atoms with Gasteiger partial charge in [0.05, 0.1) is 50.2 Å². The minimum absolute atomic E-state index is 0.146. The Morgan fingerprint density at radius 1 is 1.12 bits per heavy atom. The molecule has 10 nitrogen and oxygen atoms in total. The summed E-state index contributed by atoms with van der Waals surface area (Å²) in [4.78, 5) is 20.0. The summed E-state index contributed by atoms with van der Waals surface area (Å²) < 4.78 is 17.6. The number of hydrogen-bond donors (Lipinski definition) is 2. The van der Waals surface area contributed by atoms with Crippen LogP contribution in [0.3, 0.4) is 0 Å². The van der Waals surface area contributed by atoms with Crippen molar-refractivity contribution < 1.29 is 19.3 Å². The SMILES string of the molecule is C[C@@H]1CCC2(CCN(c3ncc(Sc4ccnc5c4OC[C@@H]4C[C@H](COCC6COC6)CN54)nc3CO)CC2)[C@@H]1N. The molecule has 0 radical (unpaired) electrons. The van der Waals surface area contributed by atoms with Gasteiger partial charge in [0.15, 0.2) is 17.4 Å². The standard InChI is InChI=1S/C30H42N6O4S/c1-19-2-4-30(27(19)31)5-8-35(9-6-30)28-23(13-37)34-25(11-33-28)41-24-3-7-32-29-26(24)40-18-22-10-20(12-36(22)29)14-38-15-21-16-39-17-21/h3,7,11,19-22,27,37H,2,4-6,8-10,12-18,31H2,1H3/t19-,20+,22+,27-/m1/s1. The van der Waals surface area contributed by atoms with E-state index < -0.39 is 0 Å². The van der Waals surface area contributed by atoms with E-state index in [0.29, 0.717) is 36.1 Å². The maximum absolute atomic E-state index is 10.2. The molecule has 41 heavy (non-hydrogen) atoms. The Balaban J connectivity index is 1.02. The molecule has 0 bridgehead atoms. The van der Waals surface area contributed by atoms with E-state index in [-0.39, 0.29) is 18.1 Å². The summed E-state index contributed by atoms with van der Waals surface area (Å²) in [5.41, 5.74) is 7.50. The summed E-state index contributed by atoms with van der Waals surface area (Å²) in [5.74, 6) is 4.11. The highest BCUT2D eigenvalue weighted by atomic mass is 32.2. The third kappa shape index (κ3) is 5.29. The third-order valence-electron chi connectivity index (χ3n) is 10.1. The molecule has 1 aliphatic carbocycles. The zero-order valence-electron chi connectivity index (χ0n) is 23.9. The lowest BCUT2D eigenvalue weighted by Gasteiger charge is -2.43. The van der Waals surface area contributed by atoms with Crippen LogP contribution in [0.1, 0.15) is 44.7 Å². The molecule has 0 unspecified atom stereocenters. The average molecular weight is 583 g/mol. The van der Waals surface area contributed by atoms with Crippen LogP contribution in [0.15, 0.2) is 28.4 Å². The monoisotopic (exact) mass is 582 g/mol. The highest BCUT2D eigenvalue weighted by Gasteiger charge is 2.46. The molecule has 6 heterocycles. The lowest BCUT2D eigenvalue weighted by molar-refractivity contribution is -0.0749. The summed E-state index contributed by atoms with van der Waals surface area (Å²) in [5, 5.41) is 11.0. The number of rotatable bonds is 8. The maximum Gasteiger partial charge on any atom is 0.175 e. The number of ether oxygens (including phenoxy) is 3. The van der Waals surface area contributed by atoms with Gasteiger partial charge in [0.25, 0.3) is 0 Å². The topological polar surface area (TPSA) is 119 Å². The van der Waals surface area contributed by atoms with E-state index >= 15 is 0 Å². The predicted molar refractivity (Wildman–Crippen MR) is 156 cm³/mol. The van der Waals surface area contributed by atoms with Crippen molar-refractivity contribution in [3.63, 3.8) is 0 Å². The van der Waals surface area contributed by atoms with Gasteiger partial charge in [0, 0.05) is 43.7 Å². The van der Waals surface area contributed by atoms with Crippen LogP contribution in [0.5, 0.6) is 5.75 Å². The molecule has 4 aliphatic heterocycles. The van der Waals surface area contributed by atoms with Gasteiger partial charge in [0.2, 0.25) is 0 Å². The lowest BCUT2D eigenvalue weighted by atomic mass is 9.73. The summed E-state index contributed by atoms with van der Waals surface area (Å²) in [6.07, 6.45) is 9.31. The number of nitrogens with zero attached hydrogens (tertiary/aromatic N) is 5. The zero-order chi connectivity index (χ0) is 28.0. The fourth-order valence-corrected chi connectivity index (χ4v) is 8.36. The summed E-state index contributed by atoms with van der Waals surface area (Å²) in [6, 6.07) is 2.58. The first kappa shape index (κ1) is 27.6. The van der Waals surface area contributed by atoms with Gasteiger partial charge >= 0.3 is 0 Å². The fourth-order valence-electron chi connectivity index (χ4n) is 7.50. The molecule has 1 saturated carbocycles. The Bertz CT molecular complexity index is 1240. The van der Waals surface area contributed by atoms with E-state index in [0.717, 1.165) is 92.6 Å². The molecule has 7 rings (SSSR count). The molecular weight excluding hydrogens is 540 g/mol. The predicted octanol–water partition coefficient (Wildman–Crippen LogP) is 3.11. The molecule has 1 spiro atoms. The van der Waals surface area contributed by atoms with Gasteiger partial charge in [0.1, 0.15) is 17.3 Å². The molecule has 5 aliphatic rings. The number of anilines is 2. The Hall–Kier alpha value is -2.18. The van der Waals surface area contributed by atoms with Crippen LogP contribution in [0.25, 0.3) is 0 Å². The first-order valence-corrected chi connectivity index (χ1v) is 16.0. The molecular formula is C30H42N6O4S. The van der Waals surface area contributed by atoms with E-state index in [1.165, 1.54) is 24.6 Å². The fraction of sp³-hybridized carbons (Fsp3) is 0.700. The van der Waals surface area contributed by atoms with Gasteiger partial charge in [-0.1, -0.05) is 18.7 Å². The van der Waals surface area contributed by atoms with E-state index in [1.807, 2.05) is 18.5 Å². The maximum atomic E-state index is 10.2. The van der Waals surface area contributed by atoms with Crippen molar-refractivity contribution in [2.45, 2.75) is 67.6 Å². The number of nitrogens with two attached hydrogens (primary N) is 1. The summed E-state index contributed by atoms with van der Waals surface area (Å²) in [6.45, 7) is 8.71. The van der Waals surface area contributed by atoms with Gasteiger partial charge in [-0.05, 0) is 49.5 Å². The lowest BCUT2D eigenvalue weighted by Crippen LogP contribution is -2.48. The first-order chi connectivity index (χ1) is 20.0. The van der Waals surface area contributed by atoms with Crippen molar-refractivity contribution in [1.29, 1.82) is 0 Å². The van der Waals surface area contributed by atoms with Crippen LogP contribution in [-0.4, -0.2) is 84.8 Å². The molecule has 2 aromatic rings. The van der Waals surface area contributed by atoms with Crippen molar-refractivity contribution in [1.82, 2.24) is 15.0 Å². The Labute approximate surface area is 246 Å². The van der Waals surface area contributed by atoms with Gasteiger partial charge < -0.3 is 34.9 Å². The Morgan fingerprint density at radius 3 is 2.68 bits per heavy atom. The van der Waals surface area contributed by atoms with Crippen LogP contribution in [0.2, 0.25) is 0 Å². The number of aliphatic hydroxyl groups excluding tert-OH is 1. The number of aromatic nitrogens is 3. The van der Waals surface area contributed by atoms with Crippen molar-refractivity contribution in [2.24, 2.45) is 28.9 Å². The van der Waals surface area contributed by atoms with E-state index in [2.05, 4.69) is 16.7 Å². The van der Waals surface area contributed by atoms with Crippen LogP contribution < -0.4 is 20.3 Å². The quantitative estimate of drug-likeness (QED) is 0.478. The van der Waals surface area contributed by atoms with Gasteiger partial charge in [-0.3, -0.25) is 0 Å². The number of pyridine rings is 1. The van der Waals surface area contributed by atoms with E-state index in [4.69, 9.17) is 34.9 Å². The first-order valence-electron chi connectivity index (χ1n) is 15.2. The van der Waals surface area contributed by atoms with Gasteiger partial charge in [-0.2, -0.15) is 0 Å². The average Bonchev–Trinajstić information content (AvgIpc) is 3.52. The molecule has 3 saturated heterocycles. The van der Waals surface area contributed by atoms with Crippen LogP contribution in [-0.2, 0) is 16.1 Å². The smallest absolute Gasteiger partial charge is 0.175 e. The third-order valence-corrected chi connectivity index (χ3v) is 11.0. The van der Waals surface area contributed by atoms with Crippen molar-refractivity contribution >= 4 is 23.4 Å². The van der Waals surface area contributed by atoms with Crippen LogP contribution in [0.4, 0.5) is 11.6 Å².